The Hall–Kier alpha value is -2.01. The SMILES string of the molecule is COc1cccc(C(=O)NC2CCCc3sccc32)c1N. The number of methoxy groups -OCH3 is 1. The van der Waals surface area contributed by atoms with E-state index in [1.165, 1.54) is 10.4 Å². The minimum Gasteiger partial charge on any atom is -0.495 e. The number of carbonyl (C=O) groups excluding carboxylic acids is 1. The van der Waals surface area contributed by atoms with Crippen LogP contribution in [0.4, 0.5) is 5.69 Å². The van der Waals surface area contributed by atoms with Crippen LogP contribution >= 0.6 is 11.3 Å². The van der Waals surface area contributed by atoms with Crippen molar-refractivity contribution in [1.29, 1.82) is 0 Å². The molecule has 3 N–H and O–H groups in total. The average Bonchev–Trinajstić information content (AvgIpc) is 2.97. The monoisotopic (exact) mass is 302 g/mol. The lowest BCUT2D eigenvalue weighted by Crippen LogP contribution is -2.30. The zero-order chi connectivity index (χ0) is 14.8. The first-order chi connectivity index (χ1) is 10.2. The van der Waals surface area contributed by atoms with Crippen molar-refractivity contribution < 1.29 is 9.53 Å². The lowest BCUT2D eigenvalue weighted by Gasteiger charge is -2.24. The second-order valence-electron chi connectivity index (χ2n) is 5.14. The first-order valence-electron chi connectivity index (χ1n) is 7.00. The van der Waals surface area contributed by atoms with Crippen LogP contribution in [-0.2, 0) is 6.42 Å². The van der Waals surface area contributed by atoms with Crippen molar-refractivity contribution in [2.45, 2.75) is 25.3 Å². The van der Waals surface area contributed by atoms with Crippen LogP contribution in [0.25, 0.3) is 0 Å². The van der Waals surface area contributed by atoms with Crippen molar-refractivity contribution in [2.24, 2.45) is 0 Å². The third-order valence-corrected chi connectivity index (χ3v) is 4.88. The Labute approximate surface area is 127 Å². The van der Waals surface area contributed by atoms with Crippen molar-refractivity contribution in [3.8, 4) is 5.75 Å². The zero-order valence-corrected chi connectivity index (χ0v) is 12.7. The van der Waals surface area contributed by atoms with E-state index >= 15 is 0 Å². The molecule has 0 saturated carbocycles. The van der Waals surface area contributed by atoms with E-state index in [4.69, 9.17) is 10.5 Å². The summed E-state index contributed by atoms with van der Waals surface area (Å²) in [4.78, 5) is 13.9. The molecular weight excluding hydrogens is 284 g/mol. The molecule has 1 atom stereocenters. The van der Waals surface area contributed by atoms with Gasteiger partial charge in [-0.15, -0.1) is 11.3 Å². The maximum atomic E-state index is 12.5. The van der Waals surface area contributed by atoms with Gasteiger partial charge in [0.25, 0.3) is 5.91 Å². The van der Waals surface area contributed by atoms with Gasteiger partial charge in [-0.05, 0) is 48.4 Å². The van der Waals surface area contributed by atoms with Gasteiger partial charge >= 0.3 is 0 Å². The van der Waals surface area contributed by atoms with E-state index in [0.29, 0.717) is 17.0 Å². The fraction of sp³-hybridized carbons (Fsp3) is 0.312. The smallest absolute Gasteiger partial charge is 0.253 e. The molecule has 0 spiro atoms. The second kappa shape index (κ2) is 5.77. The molecule has 1 aromatic carbocycles. The van der Waals surface area contributed by atoms with Gasteiger partial charge < -0.3 is 15.8 Å². The molecule has 4 nitrogen and oxygen atoms in total. The fourth-order valence-corrected chi connectivity index (χ4v) is 3.78. The molecule has 5 heteroatoms. The molecule has 0 fully saturated rings. The number of rotatable bonds is 3. The second-order valence-corrected chi connectivity index (χ2v) is 6.14. The van der Waals surface area contributed by atoms with Crippen LogP contribution in [0.3, 0.4) is 0 Å². The Kier molecular flexibility index (Phi) is 3.84. The fourth-order valence-electron chi connectivity index (χ4n) is 2.79. The van der Waals surface area contributed by atoms with Crippen LogP contribution in [0.15, 0.2) is 29.6 Å². The van der Waals surface area contributed by atoms with Crippen molar-refractivity contribution in [1.82, 2.24) is 5.32 Å². The number of nitrogens with two attached hydrogens (primary N) is 1. The predicted molar refractivity (Wildman–Crippen MR) is 84.9 cm³/mol. The molecule has 1 aromatic heterocycles. The summed E-state index contributed by atoms with van der Waals surface area (Å²) >= 11 is 1.77. The molecule has 0 radical (unpaired) electrons. The van der Waals surface area contributed by atoms with E-state index < -0.39 is 0 Å². The van der Waals surface area contributed by atoms with Gasteiger partial charge in [0.1, 0.15) is 5.75 Å². The van der Waals surface area contributed by atoms with Crippen LogP contribution in [0, 0.1) is 0 Å². The number of carbonyl (C=O) groups is 1. The van der Waals surface area contributed by atoms with E-state index in [-0.39, 0.29) is 11.9 Å². The largest absolute Gasteiger partial charge is 0.495 e. The van der Waals surface area contributed by atoms with Gasteiger partial charge in [0, 0.05) is 4.88 Å². The summed E-state index contributed by atoms with van der Waals surface area (Å²) in [6, 6.07) is 7.45. The highest BCUT2D eigenvalue weighted by Crippen LogP contribution is 2.34. The van der Waals surface area contributed by atoms with E-state index in [0.717, 1.165) is 19.3 Å². The molecule has 1 aliphatic rings. The molecule has 2 aromatic rings. The molecule has 0 bridgehead atoms. The van der Waals surface area contributed by atoms with Gasteiger partial charge in [-0.2, -0.15) is 0 Å². The van der Waals surface area contributed by atoms with Crippen LogP contribution in [0.2, 0.25) is 0 Å². The number of para-hydroxylation sites is 1. The van der Waals surface area contributed by atoms with Gasteiger partial charge in [-0.1, -0.05) is 6.07 Å². The third-order valence-electron chi connectivity index (χ3n) is 3.89. The number of benzene rings is 1. The maximum absolute atomic E-state index is 12.5. The number of hydrogen-bond donors (Lipinski definition) is 2. The lowest BCUT2D eigenvalue weighted by molar-refractivity contribution is 0.0933. The summed E-state index contributed by atoms with van der Waals surface area (Å²) in [5.41, 5.74) is 8.10. The quantitative estimate of drug-likeness (QED) is 0.856. The molecule has 3 rings (SSSR count). The molecule has 1 unspecified atom stereocenters. The van der Waals surface area contributed by atoms with Crippen LogP contribution in [0.1, 0.15) is 39.7 Å². The first kappa shape index (κ1) is 13.9. The summed E-state index contributed by atoms with van der Waals surface area (Å²) in [7, 11) is 1.55. The highest BCUT2D eigenvalue weighted by molar-refractivity contribution is 7.10. The van der Waals surface area contributed by atoms with E-state index in [1.54, 1.807) is 36.6 Å². The summed E-state index contributed by atoms with van der Waals surface area (Å²) in [6.45, 7) is 0. The van der Waals surface area contributed by atoms with Crippen molar-refractivity contribution in [3.05, 3.63) is 45.6 Å². The summed E-state index contributed by atoms with van der Waals surface area (Å²) in [6.07, 6.45) is 3.19. The number of hydrogen-bond acceptors (Lipinski definition) is 4. The number of aryl methyl sites for hydroxylation is 1. The molecule has 1 aliphatic carbocycles. The normalized spacial score (nSPS) is 17.1. The average molecular weight is 302 g/mol. The van der Waals surface area contributed by atoms with E-state index in [9.17, 15) is 4.79 Å². The van der Waals surface area contributed by atoms with Crippen molar-refractivity contribution in [3.63, 3.8) is 0 Å². The van der Waals surface area contributed by atoms with Crippen LogP contribution in [-0.4, -0.2) is 13.0 Å². The minimum atomic E-state index is -0.143. The highest BCUT2D eigenvalue weighted by Gasteiger charge is 2.24. The van der Waals surface area contributed by atoms with Crippen LogP contribution in [0.5, 0.6) is 5.75 Å². The van der Waals surface area contributed by atoms with Gasteiger partial charge in [0.15, 0.2) is 0 Å². The topological polar surface area (TPSA) is 64.3 Å². The van der Waals surface area contributed by atoms with Crippen molar-refractivity contribution >= 4 is 22.9 Å². The molecular formula is C16H18N2O2S. The number of anilines is 1. The Morgan fingerprint density at radius 2 is 2.29 bits per heavy atom. The van der Waals surface area contributed by atoms with Gasteiger partial charge in [0.2, 0.25) is 0 Å². The number of fused-ring (bicyclic) bond motifs is 1. The first-order valence-corrected chi connectivity index (χ1v) is 7.88. The van der Waals surface area contributed by atoms with E-state index in [2.05, 4.69) is 16.8 Å². The van der Waals surface area contributed by atoms with Gasteiger partial charge in [-0.3, -0.25) is 4.79 Å². The minimum absolute atomic E-state index is 0.0816. The Morgan fingerprint density at radius 3 is 3.10 bits per heavy atom. The number of nitrogen functional groups attached to an aromatic ring is 1. The summed E-state index contributed by atoms with van der Waals surface area (Å²) in [5.74, 6) is 0.387. The van der Waals surface area contributed by atoms with Gasteiger partial charge in [-0.25, -0.2) is 0 Å². The van der Waals surface area contributed by atoms with Crippen LogP contribution < -0.4 is 15.8 Å². The third kappa shape index (κ3) is 2.61. The molecule has 21 heavy (non-hydrogen) atoms. The molecule has 0 saturated heterocycles. The number of nitrogens with one attached hydrogen (secondary N) is 1. The lowest BCUT2D eigenvalue weighted by atomic mass is 9.93. The maximum Gasteiger partial charge on any atom is 0.253 e. The zero-order valence-electron chi connectivity index (χ0n) is 11.9. The Bertz CT molecular complexity index is 666. The summed E-state index contributed by atoms with van der Waals surface area (Å²) in [5, 5.41) is 5.19. The molecule has 1 amide bonds. The number of ether oxygens (including phenoxy) is 1. The highest BCUT2D eigenvalue weighted by atomic mass is 32.1. The number of thiophene rings is 1. The molecule has 1 heterocycles. The standard InChI is InChI=1S/C16H18N2O2S/c1-20-13-6-2-4-11(15(13)17)16(19)18-12-5-3-7-14-10(12)8-9-21-14/h2,4,6,8-9,12H,3,5,7,17H2,1H3,(H,18,19). The van der Waals surface area contributed by atoms with Gasteiger partial charge in [0.05, 0.1) is 24.4 Å². The van der Waals surface area contributed by atoms with Crippen molar-refractivity contribution in [2.75, 3.05) is 12.8 Å². The van der Waals surface area contributed by atoms with E-state index in [1.807, 2.05) is 0 Å². The summed E-state index contributed by atoms with van der Waals surface area (Å²) < 4.78 is 5.17. The Morgan fingerprint density at radius 1 is 1.43 bits per heavy atom. The predicted octanol–water partition coefficient (Wildman–Crippen LogP) is 3.15. The number of amides is 1. The Balaban J connectivity index is 1.82. The molecule has 110 valence electrons. The molecule has 0 aliphatic heterocycles.